The van der Waals surface area contributed by atoms with Crippen LogP contribution in [0.4, 0.5) is 26.3 Å². The average Bonchev–Trinajstić information content (AvgIpc) is 2.78. The molecule has 1 aromatic rings. The quantitative estimate of drug-likeness (QED) is 0.0935. The molecule has 2 rings (SSSR count). The van der Waals surface area contributed by atoms with Crippen LogP contribution in [0.15, 0.2) is 30.3 Å². The SMILES string of the molecule is CC(C)N(C(C)C)P(OCCC#N)O[C@@H]1[C@@H](OC(=O)c2ccccc2)CSSC1(C(F)(F)F)C(F)(F)F. The van der Waals surface area contributed by atoms with Crippen molar-refractivity contribution in [2.75, 3.05) is 12.4 Å². The summed E-state index contributed by atoms with van der Waals surface area (Å²) in [6.45, 7) is 6.47. The van der Waals surface area contributed by atoms with Gasteiger partial charge in [0.25, 0.3) is 8.53 Å². The first-order valence-corrected chi connectivity index (χ1v) is 14.6. The fourth-order valence-corrected chi connectivity index (χ4v) is 8.57. The van der Waals surface area contributed by atoms with Gasteiger partial charge in [0.2, 0.25) is 4.75 Å². The van der Waals surface area contributed by atoms with Crippen molar-refractivity contribution in [2.45, 2.75) is 75.5 Å². The molecule has 1 saturated heterocycles. The molecule has 0 aliphatic carbocycles. The molecule has 0 aromatic heterocycles. The van der Waals surface area contributed by atoms with E-state index in [1.807, 2.05) is 6.07 Å². The number of carbonyl (C=O) groups excluding carboxylic acids is 1. The predicted octanol–water partition coefficient (Wildman–Crippen LogP) is 7.13. The lowest BCUT2D eigenvalue weighted by molar-refractivity contribution is -0.289. The molecule has 15 heteroatoms. The van der Waals surface area contributed by atoms with Crippen LogP contribution < -0.4 is 0 Å². The number of hydrogen-bond acceptors (Lipinski definition) is 8. The molecule has 0 spiro atoms. The first kappa shape index (κ1) is 32.0. The van der Waals surface area contributed by atoms with Gasteiger partial charge < -0.3 is 13.8 Å². The van der Waals surface area contributed by atoms with E-state index in [0.717, 1.165) is 0 Å². The molecule has 1 heterocycles. The van der Waals surface area contributed by atoms with Crippen molar-refractivity contribution in [2.24, 2.45) is 0 Å². The van der Waals surface area contributed by atoms with Gasteiger partial charge in [0.1, 0.15) is 12.2 Å². The van der Waals surface area contributed by atoms with Crippen molar-refractivity contribution >= 4 is 36.1 Å². The monoisotopic (exact) mass is 592 g/mol. The van der Waals surface area contributed by atoms with Gasteiger partial charge in [-0.25, -0.2) is 9.46 Å². The van der Waals surface area contributed by atoms with E-state index in [1.54, 1.807) is 33.8 Å². The molecule has 0 radical (unpaired) electrons. The molecule has 208 valence electrons. The summed E-state index contributed by atoms with van der Waals surface area (Å²) in [6.07, 6.45) is -16.4. The van der Waals surface area contributed by atoms with E-state index in [0.29, 0.717) is 10.8 Å². The number of ether oxygens (including phenoxy) is 1. The fourth-order valence-electron chi connectivity index (χ4n) is 3.58. The van der Waals surface area contributed by atoms with Gasteiger partial charge in [0.15, 0.2) is 0 Å². The van der Waals surface area contributed by atoms with E-state index in [-0.39, 0.29) is 24.3 Å². The maximum atomic E-state index is 14.4. The summed E-state index contributed by atoms with van der Waals surface area (Å²) in [5, 5.41) is 8.87. The van der Waals surface area contributed by atoms with Crippen LogP contribution in [0.3, 0.4) is 0 Å². The molecular formula is C22H27F6N2O4PS2. The summed E-state index contributed by atoms with van der Waals surface area (Å²) in [4.78, 5) is 12.7. The number of carbonyl (C=O) groups is 1. The van der Waals surface area contributed by atoms with Crippen LogP contribution >= 0.6 is 30.1 Å². The largest absolute Gasteiger partial charge is 0.455 e. The minimum atomic E-state index is -5.82. The van der Waals surface area contributed by atoms with Crippen LogP contribution in [0.5, 0.6) is 0 Å². The second-order valence-corrected chi connectivity index (χ2v) is 12.5. The zero-order valence-corrected chi connectivity index (χ0v) is 22.9. The van der Waals surface area contributed by atoms with Crippen LogP contribution in [0.25, 0.3) is 0 Å². The standard InChI is InChI=1S/C22H27F6N2O4PS2/c1-14(2)30(15(3)4)35(32-12-8-11-29)34-18-17(33-19(31)16-9-6-5-7-10-16)13-36-37-20(18,21(23,24)25)22(26,27)28/h5-7,9-10,14-15,17-18H,8,12-13H2,1-4H3/t17-,18+,35?/m0/s1. The highest BCUT2D eigenvalue weighted by molar-refractivity contribution is 8.77. The second kappa shape index (κ2) is 13.2. The number of halogens is 6. The van der Waals surface area contributed by atoms with Gasteiger partial charge in [-0.1, -0.05) is 39.8 Å². The molecule has 0 bridgehead atoms. The molecule has 0 amide bonds. The van der Waals surface area contributed by atoms with Crippen molar-refractivity contribution in [1.82, 2.24) is 4.67 Å². The topological polar surface area (TPSA) is 71.8 Å². The summed E-state index contributed by atoms with van der Waals surface area (Å²) < 4.78 is 99.9. The number of rotatable bonds is 10. The van der Waals surface area contributed by atoms with Gasteiger partial charge in [-0.2, -0.15) is 31.6 Å². The molecule has 3 atom stereocenters. The van der Waals surface area contributed by atoms with Crippen molar-refractivity contribution < 1.29 is 44.9 Å². The van der Waals surface area contributed by atoms with Crippen LogP contribution in [0.1, 0.15) is 44.5 Å². The number of esters is 1. The zero-order chi connectivity index (χ0) is 28.0. The third kappa shape index (κ3) is 7.46. The van der Waals surface area contributed by atoms with Crippen LogP contribution in [-0.4, -0.2) is 64.4 Å². The van der Waals surface area contributed by atoms with Gasteiger partial charge in [-0.15, -0.1) is 0 Å². The Morgan fingerprint density at radius 1 is 1.14 bits per heavy atom. The average molecular weight is 593 g/mol. The summed E-state index contributed by atoms with van der Waals surface area (Å²) >= 11 is 0. The van der Waals surface area contributed by atoms with Crippen molar-refractivity contribution in [1.29, 1.82) is 5.26 Å². The van der Waals surface area contributed by atoms with Gasteiger partial charge >= 0.3 is 18.3 Å². The van der Waals surface area contributed by atoms with Gasteiger partial charge in [-0.05, 0) is 39.8 Å². The molecule has 0 saturated carbocycles. The molecule has 37 heavy (non-hydrogen) atoms. The van der Waals surface area contributed by atoms with Crippen LogP contribution in [-0.2, 0) is 13.8 Å². The summed E-state index contributed by atoms with van der Waals surface area (Å²) in [7, 11) is -2.63. The Hall–Kier alpha value is -1.23. The lowest BCUT2D eigenvalue weighted by Crippen LogP contribution is -2.67. The van der Waals surface area contributed by atoms with E-state index in [1.165, 1.54) is 28.9 Å². The maximum Gasteiger partial charge on any atom is 0.415 e. The number of hydrogen-bond donors (Lipinski definition) is 0. The Kier molecular flexibility index (Phi) is 11.4. The Balaban J connectivity index is 2.60. The molecule has 6 nitrogen and oxygen atoms in total. The molecule has 1 unspecified atom stereocenters. The van der Waals surface area contributed by atoms with Crippen LogP contribution in [0.2, 0.25) is 0 Å². The van der Waals surface area contributed by atoms with Crippen molar-refractivity contribution in [3.8, 4) is 6.07 Å². The highest BCUT2D eigenvalue weighted by Crippen LogP contribution is 2.64. The minimum absolute atomic E-state index is 0.0346. The van der Waals surface area contributed by atoms with E-state index >= 15 is 0 Å². The normalized spacial score (nSPS) is 21.2. The smallest absolute Gasteiger partial charge is 0.415 e. The number of benzene rings is 1. The second-order valence-electron chi connectivity index (χ2n) is 8.48. The Bertz CT molecular complexity index is 908. The Morgan fingerprint density at radius 3 is 2.19 bits per heavy atom. The number of nitrogens with zero attached hydrogens (tertiary/aromatic N) is 2. The van der Waals surface area contributed by atoms with E-state index < -0.39 is 66.7 Å². The Labute approximate surface area is 220 Å². The highest BCUT2D eigenvalue weighted by atomic mass is 33.1. The maximum absolute atomic E-state index is 14.4. The Morgan fingerprint density at radius 2 is 1.70 bits per heavy atom. The minimum Gasteiger partial charge on any atom is -0.455 e. The summed E-state index contributed by atoms with van der Waals surface area (Å²) in [5.41, 5.74) is -0.0346. The van der Waals surface area contributed by atoms with E-state index in [4.69, 9.17) is 19.0 Å². The summed E-state index contributed by atoms with van der Waals surface area (Å²) in [5.74, 6) is -1.46. The highest BCUT2D eigenvalue weighted by Gasteiger charge is 2.79. The van der Waals surface area contributed by atoms with E-state index in [2.05, 4.69) is 0 Å². The fraction of sp³-hybridized carbons (Fsp3) is 0.636. The van der Waals surface area contributed by atoms with E-state index in [9.17, 15) is 31.1 Å². The third-order valence-electron chi connectivity index (χ3n) is 5.14. The van der Waals surface area contributed by atoms with Gasteiger partial charge in [0, 0.05) is 17.8 Å². The zero-order valence-electron chi connectivity index (χ0n) is 20.4. The molecule has 0 N–H and O–H groups in total. The third-order valence-corrected chi connectivity index (χ3v) is 10.3. The molecular weight excluding hydrogens is 565 g/mol. The molecule has 1 aliphatic rings. The molecule has 1 aromatic carbocycles. The number of nitriles is 1. The first-order chi connectivity index (χ1) is 17.2. The first-order valence-electron chi connectivity index (χ1n) is 11.1. The van der Waals surface area contributed by atoms with Crippen molar-refractivity contribution in [3.05, 3.63) is 35.9 Å². The number of alkyl halides is 6. The van der Waals surface area contributed by atoms with Crippen molar-refractivity contribution in [3.63, 3.8) is 0 Å². The van der Waals surface area contributed by atoms with Gasteiger partial charge in [-0.3, -0.25) is 0 Å². The van der Waals surface area contributed by atoms with Gasteiger partial charge in [0.05, 0.1) is 24.7 Å². The lowest BCUT2D eigenvalue weighted by atomic mass is 9.95. The predicted molar refractivity (Wildman–Crippen MR) is 131 cm³/mol. The van der Waals surface area contributed by atoms with Crippen LogP contribution in [0, 0.1) is 11.3 Å². The lowest BCUT2D eigenvalue weighted by Gasteiger charge is -2.48. The molecule has 1 aliphatic heterocycles. The molecule has 1 fully saturated rings. The summed E-state index contributed by atoms with van der Waals surface area (Å²) in [6, 6.07) is 8.25.